The molecule has 2 aromatic rings. The molecule has 0 aliphatic carbocycles. The highest BCUT2D eigenvalue weighted by Gasteiger charge is 2.34. The Bertz CT molecular complexity index is 907. The van der Waals surface area contributed by atoms with Gasteiger partial charge in [0.1, 0.15) is 18.5 Å². The first kappa shape index (κ1) is 22.9. The first-order chi connectivity index (χ1) is 14.6. The Labute approximate surface area is 182 Å². The Balaban J connectivity index is 1.70. The highest BCUT2D eigenvalue weighted by molar-refractivity contribution is 5.91. The molecule has 0 spiro atoms. The van der Waals surface area contributed by atoms with Crippen LogP contribution in [0.2, 0.25) is 0 Å². The van der Waals surface area contributed by atoms with Crippen molar-refractivity contribution in [2.45, 2.75) is 45.9 Å². The van der Waals surface area contributed by atoms with Crippen LogP contribution in [0, 0.1) is 11.2 Å². The van der Waals surface area contributed by atoms with Gasteiger partial charge in [-0.25, -0.2) is 4.39 Å². The molecule has 1 heterocycles. The van der Waals surface area contributed by atoms with E-state index in [9.17, 15) is 19.1 Å². The van der Waals surface area contributed by atoms with Gasteiger partial charge < -0.3 is 20.1 Å². The van der Waals surface area contributed by atoms with Crippen LogP contribution in [0.3, 0.4) is 0 Å². The maximum absolute atomic E-state index is 13.2. The molecule has 2 amide bonds. The minimum atomic E-state index is -0.968. The number of aliphatic hydroxyl groups excluding tert-OH is 1. The molecular weight excluding hydrogens is 399 g/mol. The Morgan fingerprint density at radius 2 is 1.84 bits per heavy atom. The van der Waals surface area contributed by atoms with E-state index in [1.165, 1.54) is 12.1 Å². The zero-order valence-electron chi connectivity index (χ0n) is 18.1. The average Bonchev–Trinajstić information content (AvgIpc) is 2.69. The molecule has 1 aliphatic heterocycles. The van der Waals surface area contributed by atoms with E-state index >= 15 is 0 Å². The number of hydrogen-bond donors (Lipinski definition) is 2. The standard InChI is InChI=1S/C24H29FN2O4/c1-24(2,3)12-21(28)26-19-10-6-17(7-11-19)23(30)20-14-31-15-22(29)27(20)13-16-4-8-18(25)9-5-16/h4-11,20,23,30H,12-15H2,1-3H3,(H,26,28)/t20-,23-/m1/s1. The van der Waals surface area contributed by atoms with Gasteiger partial charge in [-0.3, -0.25) is 9.59 Å². The highest BCUT2D eigenvalue weighted by Crippen LogP contribution is 2.27. The van der Waals surface area contributed by atoms with Crippen LogP contribution in [0.5, 0.6) is 0 Å². The number of nitrogens with zero attached hydrogens (tertiary/aromatic N) is 1. The number of benzene rings is 2. The lowest BCUT2D eigenvalue weighted by atomic mass is 9.92. The van der Waals surface area contributed by atoms with Crippen LogP contribution in [-0.2, 0) is 20.9 Å². The van der Waals surface area contributed by atoms with Crippen LogP contribution in [0.25, 0.3) is 0 Å². The van der Waals surface area contributed by atoms with Crippen molar-refractivity contribution in [3.8, 4) is 0 Å². The van der Waals surface area contributed by atoms with Crippen molar-refractivity contribution in [3.05, 3.63) is 65.5 Å². The van der Waals surface area contributed by atoms with Crippen molar-refractivity contribution in [2.24, 2.45) is 5.41 Å². The van der Waals surface area contributed by atoms with E-state index in [0.717, 1.165) is 5.56 Å². The number of hydrogen-bond acceptors (Lipinski definition) is 4. The van der Waals surface area contributed by atoms with Crippen LogP contribution >= 0.6 is 0 Å². The molecule has 2 aromatic carbocycles. The van der Waals surface area contributed by atoms with Crippen molar-refractivity contribution >= 4 is 17.5 Å². The van der Waals surface area contributed by atoms with E-state index in [4.69, 9.17) is 4.74 Å². The number of anilines is 1. The molecule has 1 fully saturated rings. The molecule has 31 heavy (non-hydrogen) atoms. The summed E-state index contributed by atoms with van der Waals surface area (Å²) >= 11 is 0. The lowest BCUT2D eigenvalue weighted by Gasteiger charge is -2.38. The number of morpholine rings is 1. The second-order valence-electron chi connectivity index (χ2n) is 9.08. The minimum Gasteiger partial charge on any atom is -0.386 e. The topological polar surface area (TPSA) is 78.9 Å². The Hall–Kier alpha value is -2.77. The predicted octanol–water partition coefficient (Wildman–Crippen LogP) is 3.66. The second-order valence-corrected chi connectivity index (χ2v) is 9.08. The Morgan fingerprint density at radius 3 is 2.45 bits per heavy atom. The average molecular weight is 429 g/mol. The largest absolute Gasteiger partial charge is 0.386 e. The smallest absolute Gasteiger partial charge is 0.249 e. The number of nitrogens with one attached hydrogen (secondary N) is 1. The first-order valence-electron chi connectivity index (χ1n) is 10.3. The van der Waals surface area contributed by atoms with Gasteiger partial charge in [0.2, 0.25) is 11.8 Å². The lowest BCUT2D eigenvalue weighted by Crippen LogP contribution is -2.51. The van der Waals surface area contributed by atoms with Crippen molar-refractivity contribution in [1.82, 2.24) is 4.90 Å². The maximum atomic E-state index is 13.2. The number of ether oxygens (including phenoxy) is 1. The van der Waals surface area contributed by atoms with Gasteiger partial charge in [-0.05, 0) is 40.8 Å². The van der Waals surface area contributed by atoms with Crippen molar-refractivity contribution in [3.63, 3.8) is 0 Å². The quantitative estimate of drug-likeness (QED) is 0.736. The molecular formula is C24H29FN2O4. The summed E-state index contributed by atoms with van der Waals surface area (Å²) < 4.78 is 18.6. The summed E-state index contributed by atoms with van der Waals surface area (Å²) in [5.41, 5.74) is 1.91. The van der Waals surface area contributed by atoms with Gasteiger partial charge >= 0.3 is 0 Å². The third kappa shape index (κ3) is 6.35. The van der Waals surface area contributed by atoms with Gasteiger partial charge in [-0.15, -0.1) is 0 Å². The third-order valence-corrected chi connectivity index (χ3v) is 5.09. The first-order valence-corrected chi connectivity index (χ1v) is 10.3. The molecule has 0 saturated carbocycles. The zero-order valence-corrected chi connectivity index (χ0v) is 18.1. The van der Waals surface area contributed by atoms with Gasteiger partial charge in [0, 0.05) is 18.7 Å². The van der Waals surface area contributed by atoms with Gasteiger partial charge in [0.25, 0.3) is 0 Å². The Morgan fingerprint density at radius 1 is 1.19 bits per heavy atom. The fourth-order valence-corrected chi connectivity index (χ4v) is 3.55. The number of halogens is 1. The molecule has 0 radical (unpaired) electrons. The highest BCUT2D eigenvalue weighted by atomic mass is 19.1. The molecule has 1 saturated heterocycles. The van der Waals surface area contributed by atoms with E-state index in [2.05, 4.69) is 5.32 Å². The van der Waals surface area contributed by atoms with Gasteiger partial charge in [0.15, 0.2) is 0 Å². The van der Waals surface area contributed by atoms with Crippen molar-refractivity contribution < 1.29 is 23.8 Å². The van der Waals surface area contributed by atoms with E-state index in [0.29, 0.717) is 17.7 Å². The molecule has 6 nitrogen and oxygen atoms in total. The third-order valence-electron chi connectivity index (χ3n) is 5.09. The number of amides is 2. The Kier molecular flexibility index (Phi) is 7.08. The zero-order chi connectivity index (χ0) is 22.6. The van der Waals surface area contributed by atoms with E-state index in [-0.39, 0.29) is 42.8 Å². The summed E-state index contributed by atoms with van der Waals surface area (Å²) in [5, 5.41) is 13.8. The monoisotopic (exact) mass is 428 g/mol. The summed E-state index contributed by atoms with van der Waals surface area (Å²) in [5.74, 6) is -0.647. The van der Waals surface area contributed by atoms with Crippen LogP contribution in [0.1, 0.15) is 44.4 Å². The van der Waals surface area contributed by atoms with Crippen LogP contribution in [-0.4, -0.2) is 41.1 Å². The van der Waals surface area contributed by atoms with E-state index in [1.807, 2.05) is 20.8 Å². The molecule has 2 atom stereocenters. The van der Waals surface area contributed by atoms with Crippen molar-refractivity contribution in [2.75, 3.05) is 18.5 Å². The molecule has 0 unspecified atom stereocenters. The summed E-state index contributed by atoms with van der Waals surface area (Å²) in [6.45, 7) is 6.39. The summed E-state index contributed by atoms with van der Waals surface area (Å²) in [6.07, 6.45) is -0.568. The molecule has 1 aliphatic rings. The van der Waals surface area contributed by atoms with Gasteiger partial charge in [-0.1, -0.05) is 45.0 Å². The summed E-state index contributed by atoms with van der Waals surface area (Å²) in [4.78, 5) is 26.2. The SMILES string of the molecule is CC(C)(C)CC(=O)Nc1ccc([C@@H](O)[C@H]2COCC(=O)N2Cc2ccc(F)cc2)cc1. The van der Waals surface area contributed by atoms with Crippen LogP contribution in [0.15, 0.2) is 48.5 Å². The predicted molar refractivity (Wildman–Crippen MR) is 116 cm³/mol. The molecule has 3 rings (SSSR count). The van der Waals surface area contributed by atoms with Crippen LogP contribution in [0.4, 0.5) is 10.1 Å². The molecule has 0 bridgehead atoms. The van der Waals surface area contributed by atoms with Crippen molar-refractivity contribution in [1.29, 1.82) is 0 Å². The van der Waals surface area contributed by atoms with E-state index in [1.54, 1.807) is 41.3 Å². The number of rotatable bonds is 6. The lowest BCUT2D eigenvalue weighted by molar-refractivity contribution is -0.155. The fourth-order valence-electron chi connectivity index (χ4n) is 3.55. The molecule has 0 aromatic heterocycles. The minimum absolute atomic E-state index is 0.0524. The van der Waals surface area contributed by atoms with Gasteiger partial charge in [0.05, 0.1) is 12.6 Å². The summed E-state index contributed by atoms with van der Waals surface area (Å²) in [6, 6.07) is 12.3. The molecule has 7 heteroatoms. The second kappa shape index (κ2) is 9.58. The normalized spacial score (nSPS) is 18.0. The summed E-state index contributed by atoms with van der Waals surface area (Å²) in [7, 11) is 0. The molecule has 166 valence electrons. The van der Waals surface area contributed by atoms with E-state index < -0.39 is 12.1 Å². The number of carbonyl (C=O) groups excluding carboxylic acids is 2. The van der Waals surface area contributed by atoms with Crippen LogP contribution < -0.4 is 5.32 Å². The number of aliphatic hydroxyl groups is 1. The van der Waals surface area contributed by atoms with Gasteiger partial charge in [-0.2, -0.15) is 0 Å². The fraction of sp³-hybridized carbons (Fsp3) is 0.417. The maximum Gasteiger partial charge on any atom is 0.249 e. The number of carbonyl (C=O) groups is 2. The molecule has 2 N–H and O–H groups in total.